The Morgan fingerprint density at radius 1 is 1.03 bits per heavy atom. The van der Waals surface area contributed by atoms with E-state index in [0.29, 0.717) is 62.9 Å². The van der Waals surface area contributed by atoms with Gasteiger partial charge in [-0.2, -0.15) is 8.75 Å². The van der Waals surface area contributed by atoms with E-state index in [4.69, 9.17) is 4.74 Å². The zero-order chi connectivity index (χ0) is 27.2. The van der Waals surface area contributed by atoms with Gasteiger partial charge in [0.05, 0.1) is 29.9 Å². The van der Waals surface area contributed by atoms with E-state index in [-0.39, 0.29) is 23.6 Å². The topological polar surface area (TPSA) is 105 Å². The number of nitrogens with one attached hydrogen (secondary N) is 1. The molecule has 1 saturated heterocycles. The van der Waals surface area contributed by atoms with Crippen LogP contribution in [0.2, 0.25) is 0 Å². The summed E-state index contributed by atoms with van der Waals surface area (Å²) in [7, 11) is 0. The van der Waals surface area contributed by atoms with Gasteiger partial charge in [0.15, 0.2) is 5.69 Å². The molecule has 202 valence electrons. The van der Waals surface area contributed by atoms with Crippen LogP contribution in [-0.4, -0.2) is 75.6 Å². The molecule has 3 heterocycles. The molecule has 9 nitrogen and oxygen atoms in total. The lowest BCUT2D eigenvalue weighted by molar-refractivity contribution is -0.126. The van der Waals surface area contributed by atoms with Crippen LogP contribution in [0.3, 0.4) is 0 Å². The van der Waals surface area contributed by atoms with Gasteiger partial charge < -0.3 is 19.9 Å². The Balaban J connectivity index is 1.32. The summed E-state index contributed by atoms with van der Waals surface area (Å²) in [5.74, 6) is -0.330. The highest BCUT2D eigenvalue weighted by molar-refractivity contribution is 6.99. The number of ether oxygens (including phenoxy) is 1. The molecule has 5 rings (SSSR count). The van der Waals surface area contributed by atoms with Gasteiger partial charge in [-0.3, -0.25) is 14.4 Å². The van der Waals surface area contributed by atoms with Crippen molar-refractivity contribution in [3.63, 3.8) is 0 Å². The fraction of sp³-hybridized carbons (Fsp3) is 0.345. The number of amides is 3. The number of likely N-dealkylation sites (tertiary alicyclic amines) is 1. The van der Waals surface area contributed by atoms with Gasteiger partial charge in [0.2, 0.25) is 11.8 Å². The van der Waals surface area contributed by atoms with Crippen LogP contribution in [0.5, 0.6) is 5.75 Å². The summed E-state index contributed by atoms with van der Waals surface area (Å²) < 4.78 is 14.3. The number of hydrogen-bond donors (Lipinski definition) is 1. The van der Waals surface area contributed by atoms with E-state index in [1.165, 1.54) is 0 Å². The zero-order valence-electron chi connectivity index (χ0n) is 21.8. The first kappa shape index (κ1) is 26.6. The number of aryl methyl sites for hydroxylation is 1. The second-order valence-corrected chi connectivity index (χ2v) is 10.3. The van der Waals surface area contributed by atoms with Gasteiger partial charge in [-0.05, 0) is 42.7 Å². The van der Waals surface area contributed by atoms with Crippen LogP contribution in [0, 0.1) is 12.8 Å². The lowest BCUT2D eigenvalue weighted by Gasteiger charge is -2.24. The summed E-state index contributed by atoms with van der Waals surface area (Å²) >= 11 is 1.01. The van der Waals surface area contributed by atoms with Gasteiger partial charge in [-0.15, -0.1) is 0 Å². The van der Waals surface area contributed by atoms with E-state index in [1.807, 2.05) is 54.6 Å². The van der Waals surface area contributed by atoms with Gasteiger partial charge in [-0.1, -0.05) is 42.5 Å². The normalized spacial score (nSPS) is 20.2. The summed E-state index contributed by atoms with van der Waals surface area (Å²) in [6.07, 6.45) is 3.98. The first-order valence-electron chi connectivity index (χ1n) is 13.1. The number of benzene rings is 2. The van der Waals surface area contributed by atoms with Gasteiger partial charge in [0, 0.05) is 38.2 Å². The average molecular weight is 546 g/mol. The SMILES string of the molecule is Cc1nsnc1C(=O)N1C[C@@H]2C(=O)NCCCN(C(=O)/C=C/c3ccccc3)CCOc3cccc(c3)[C@H]2C1. The number of carbonyl (C=O) groups is 3. The van der Waals surface area contributed by atoms with Crippen molar-refractivity contribution < 1.29 is 19.1 Å². The van der Waals surface area contributed by atoms with Crippen molar-refractivity contribution in [1.82, 2.24) is 23.9 Å². The highest BCUT2D eigenvalue weighted by atomic mass is 32.1. The van der Waals surface area contributed by atoms with Crippen LogP contribution in [-0.2, 0) is 9.59 Å². The van der Waals surface area contributed by atoms with E-state index >= 15 is 0 Å². The first-order chi connectivity index (χ1) is 19.0. The maximum Gasteiger partial charge on any atom is 0.275 e. The largest absolute Gasteiger partial charge is 0.492 e. The van der Waals surface area contributed by atoms with Crippen molar-refractivity contribution in [2.24, 2.45) is 5.92 Å². The molecular formula is C29H31N5O4S. The van der Waals surface area contributed by atoms with Crippen LogP contribution < -0.4 is 10.1 Å². The first-order valence-corrected chi connectivity index (χ1v) is 13.8. The minimum absolute atomic E-state index is 0.103. The average Bonchev–Trinajstić information content (AvgIpc) is 3.60. The molecule has 2 atom stereocenters. The van der Waals surface area contributed by atoms with Crippen molar-refractivity contribution in [2.45, 2.75) is 19.3 Å². The maximum absolute atomic E-state index is 13.4. The number of carbonyl (C=O) groups excluding carboxylic acids is 3. The van der Waals surface area contributed by atoms with Gasteiger partial charge in [-0.25, -0.2) is 0 Å². The van der Waals surface area contributed by atoms with E-state index in [9.17, 15) is 14.4 Å². The van der Waals surface area contributed by atoms with E-state index in [2.05, 4.69) is 14.1 Å². The molecule has 2 aliphatic heterocycles. The zero-order valence-corrected chi connectivity index (χ0v) is 22.6. The molecule has 0 saturated carbocycles. The Kier molecular flexibility index (Phi) is 8.31. The molecule has 10 heteroatoms. The molecule has 3 aromatic rings. The number of hydrogen-bond acceptors (Lipinski definition) is 7. The standard InChI is InChI=1S/C29H31N5O4S/c1-20-27(32-39-31-20)29(37)34-18-24-22-9-5-10-23(17-22)38-16-15-33(14-6-13-30-28(36)25(24)19-34)26(35)12-11-21-7-3-2-4-8-21/h2-5,7-12,17,24-25H,6,13-16,18-19H2,1H3,(H,30,36)/b12-11+/t24-,25+/m1/s1. The highest BCUT2D eigenvalue weighted by Gasteiger charge is 2.41. The van der Waals surface area contributed by atoms with Crippen LogP contribution in [0.25, 0.3) is 6.08 Å². The van der Waals surface area contributed by atoms with E-state index < -0.39 is 5.92 Å². The molecule has 0 radical (unpaired) electrons. The smallest absolute Gasteiger partial charge is 0.275 e. The van der Waals surface area contributed by atoms with E-state index in [0.717, 1.165) is 22.9 Å². The molecular weight excluding hydrogens is 514 g/mol. The summed E-state index contributed by atoms with van der Waals surface area (Å²) in [6.45, 7) is 4.15. The lowest BCUT2D eigenvalue weighted by atomic mass is 9.88. The van der Waals surface area contributed by atoms with Crippen LogP contribution >= 0.6 is 11.7 Å². The van der Waals surface area contributed by atoms with Crippen molar-refractivity contribution in [3.8, 4) is 5.75 Å². The molecule has 0 unspecified atom stereocenters. The Labute approximate surface area is 231 Å². The Bertz CT molecular complexity index is 1360. The van der Waals surface area contributed by atoms with Crippen LogP contribution in [0.15, 0.2) is 60.7 Å². The van der Waals surface area contributed by atoms with Crippen molar-refractivity contribution >= 4 is 35.5 Å². The fourth-order valence-electron chi connectivity index (χ4n) is 5.04. The minimum Gasteiger partial charge on any atom is -0.492 e. The second-order valence-electron chi connectivity index (χ2n) is 9.76. The number of rotatable bonds is 3. The molecule has 1 aromatic heterocycles. The number of aromatic nitrogens is 2. The van der Waals surface area contributed by atoms with Gasteiger partial charge in [0.1, 0.15) is 12.4 Å². The monoisotopic (exact) mass is 545 g/mol. The molecule has 3 amide bonds. The molecule has 1 N–H and O–H groups in total. The molecule has 0 aliphatic carbocycles. The highest BCUT2D eigenvalue weighted by Crippen LogP contribution is 2.35. The third-order valence-corrected chi connectivity index (χ3v) is 7.77. The lowest BCUT2D eigenvalue weighted by Crippen LogP contribution is -2.39. The predicted octanol–water partition coefficient (Wildman–Crippen LogP) is 3.14. The van der Waals surface area contributed by atoms with Gasteiger partial charge in [0.25, 0.3) is 5.91 Å². The van der Waals surface area contributed by atoms with Crippen molar-refractivity contribution in [3.05, 3.63) is 83.2 Å². The Hall–Kier alpha value is -4.05. The summed E-state index contributed by atoms with van der Waals surface area (Å²) in [6, 6.07) is 17.3. The molecule has 39 heavy (non-hydrogen) atoms. The van der Waals surface area contributed by atoms with Crippen molar-refractivity contribution in [2.75, 3.05) is 39.3 Å². The second kappa shape index (κ2) is 12.2. The number of fused-ring (bicyclic) bond motifs is 4. The minimum atomic E-state index is -0.411. The Morgan fingerprint density at radius 3 is 2.64 bits per heavy atom. The predicted molar refractivity (Wildman–Crippen MR) is 148 cm³/mol. The molecule has 2 aromatic carbocycles. The summed E-state index contributed by atoms with van der Waals surface area (Å²) in [5, 5.41) is 3.05. The van der Waals surface area contributed by atoms with E-state index in [1.54, 1.807) is 28.9 Å². The fourth-order valence-corrected chi connectivity index (χ4v) is 5.58. The Morgan fingerprint density at radius 2 is 1.85 bits per heavy atom. The number of nitrogens with zero attached hydrogens (tertiary/aromatic N) is 4. The molecule has 2 aliphatic rings. The van der Waals surface area contributed by atoms with Gasteiger partial charge >= 0.3 is 0 Å². The quantitative estimate of drug-likeness (QED) is 0.507. The van der Waals surface area contributed by atoms with Crippen molar-refractivity contribution in [1.29, 1.82) is 0 Å². The molecule has 0 spiro atoms. The summed E-state index contributed by atoms with van der Waals surface area (Å²) in [4.78, 5) is 43.0. The summed E-state index contributed by atoms with van der Waals surface area (Å²) in [5.41, 5.74) is 2.83. The van der Waals surface area contributed by atoms with Crippen LogP contribution in [0.1, 0.15) is 39.6 Å². The molecule has 2 bridgehead atoms. The maximum atomic E-state index is 13.4. The third-order valence-electron chi connectivity index (χ3n) is 7.15. The molecule has 1 fully saturated rings. The van der Waals surface area contributed by atoms with Crippen LogP contribution in [0.4, 0.5) is 0 Å². The third kappa shape index (κ3) is 6.34.